The van der Waals surface area contributed by atoms with E-state index in [1.807, 2.05) is 6.07 Å². The van der Waals surface area contributed by atoms with E-state index in [4.69, 9.17) is 9.97 Å². The van der Waals surface area contributed by atoms with Crippen LogP contribution in [0.2, 0.25) is 0 Å². The predicted octanol–water partition coefficient (Wildman–Crippen LogP) is 14.0. The molecule has 3 aromatic heterocycles. The highest BCUT2D eigenvalue weighted by atomic mass is 15.1. The van der Waals surface area contributed by atoms with Crippen molar-refractivity contribution in [1.82, 2.24) is 19.1 Å². The molecule has 58 heavy (non-hydrogen) atoms. The fraction of sp³-hybridized carbons (Fsp3) is 0. The van der Waals surface area contributed by atoms with Crippen LogP contribution in [-0.2, 0) is 0 Å². The van der Waals surface area contributed by atoms with Crippen molar-refractivity contribution >= 4 is 65.2 Å². The molecular weight excluding hydrogens is 705 g/mol. The number of hydrogen-bond acceptors (Lipinski definition) is 2. The minimum Gasteiger partial charge on any atom is -0.307 e. The minimum absolute atomic E-state index is 0.674. The average molecular weight is 739 g/mol. The van der Waals surface area contributed by atoms with Gasteiger partial charge in [-0.05, 0) is 52.6 Å². The molecule has 0 saturated carbocycles. The van der Waals surface area contributed by atoms with Crippen LogP contribution in [0.25, 0.3) is 110 Å². The average Bonchev–Trinajstić information content (AvgIpc) is 3.82. The first-order valence-electron chi connectivity index (χ1n) is 19.8. The summed E-state index contributed by atoms with van der Waals surface area (Å²) in [6, 6.07) is 73.7. The third-order valence-electron chi connectivity index (χ3n) is 11.7. The van der Waals surface area contributed by atoms with Crippen molar-refractivity contribution in [2.45, 2.75) is 0 Å². The molecule has 0 saturated heterocycles. The Kier molecular flexibility index (Phi) is 7.20. The zero-order valence-corrected chi connectivity index (χ0v) is 31.4. The van der Waals surface area contributed by atoms with Crippen LogP contribution in [0.3, 0.4) is 0 Å². The Morgan fingerprint density at radius 2 is 0.793 bits per heavy atom. The first-order chi connectivity index (χ1) is 28.8. The Balaban J connectivity index is 1.21. The summed E-state index contributed by atoms with van der Waals surface area (Å²) in [5.41, 5.74) is 11.6. The molecule has 4 nitrogen and oxygen atoms in total. The maximum Gasteiger partial charge on any atom is 0.162 e. The number of nitrogens with zero attached hydrogens (tertiary/aromatic N) is 4. The van der Waals surface area contributed by atoms with Gasteiger partial charge in [0.15, 0.2) is 5.82 Å². The van der Waals surface area contributed by atoms with E-state index < -0.39 is 0 Å². The molecule has 0 fully saturated rings. The van der Waals surface area contributed by atoms with Crippen molar-refractivity contribution in [3.8, 4) is 45.3 Å². The van der Waals surface area contributed by atoms with Crippen molar-refractivity contribution < 1.29 is 0 Å². The van der Waals surface area contributed by atoms with Crippen LogP contribution in [0.15, 0.2) is 206 Å². The number of benzene rings is 9. The summed E-state index contributed by atoms with van der Waals surface area (Å²) in [5.74, 6) is 0.674. The maximum absolute atomic E-state index is 5.45. The molecule has 0 radical (unpaired) electrons. The summed E-state index contributed by atoms with van der Waals surface area (Å²) in [6.45, 7) is 0. The molecule has 0 N–H and O–H groups in total. The van der Waals surface area contributed by atoms with Gasteiger partial charge in [0.25, 0.3) is 0 Å². The predicted molar refractivity (Wildman–Crippen MR) is 242 cm³/mol. The molecule has 0 bridgehead atoms. The lowest BCUT2D eigenvalue weighted by Gasteiger charge is -2.17. The summed E-state index contributed by atoms with van der Waals surface area (Å²) in [5, 5.41) is 9.57. The number of hydrogen-bond donors (Lipinski definition) is 0. The zero-order valence-electron chi connectivity index (χ0n) is 31.4. The summed E-state index contributed by atoms with van der Waals surface area (Å²) < 4.78 is 4.94. The lowest BCUT2D eigenvalue weighted by molar-refractivity contribution is 1.13. The van der Waals surface area contributed by atoms with Crippen molar-refractivity contribution in [1.29, 1.82) is 0 Å². The molecule has 270 valence electrons. The molecule has 0 aliphatic carbocycles. The second-order valence-electron chi connectivity index (χ2n) is 14.9. The molecule has 9 aromatic carbocycles. The van der Waals surface area contributed by atoms with Crippen molar-refractivity contribution in [2.24, 2.45) is 0 Å². The molecule has 3 heterocycles. The van der Waals surface area contributed by atoms with E-state index in [2.05, 4.69) is 209 Å². The highest BCUT2D eigenvalue weighted by molar-refractivity contribution is 6.24. The third kappa shape index (κ3) is 4.88. The Labute approximate surface area is 334 Å². The largest absolute Gasteiger partial charge is 0.307 e. The van der Waals surface area contributed by atoms with Gasteiger partial charge in [-0.3, -0.25) is 0 Å². The number of rotatable bonds is 5. The Morgan fingerprint density at radius 3 is 1.52 bits per heavy atom. The number of fused-ring (bicyclic) bond motifs is 9. The van der Waals surface area contributed by atoms with Crippen molar-refractivity contribution in [3.63, 3.8) is 0 Å². The number of aromatic nitrogens is 4. The lowest BCUT2D eigenvalue weighted by atomic mass is 10.0. The SMILES string of the molecule is c1ccc(-c2cc(-c3cccc4ccccc34)nc(-c3ccccc3-n3c4ccccc4c4ccc5c6ccccc6n(-c6cccc7ccccc67)c5c43)n2)cc1. The molecule has 0 aliphatic rings. The van der Waals surface area contributed by atoms with Gasteiger partial charge in [0.05, 0.1) is 44.8 Å². The van der Waals surface area contributed by atoms with Crippen molar-refractivity contribution in [2.75, 3.05) is 0 Å². The first-order valence-corrected chi connectivity index (χ1v) is 19.8. The standard InChI is InChI=1S/C54H34N4/c1-2-18-37(19-3-1)46-34-47(40-27-14-20-35-16-4-6-22-38(35)40)56-54(55-46)45-26-10-13-30-51(45)58-50-29-12-9-25-42(50)44-33-32-43-41-24-8-11-28-49(41)57(52(43)53(44)58)48-31-15-21-36-17-5-7-23-39(36)48/h1-34H. The van der Waals surface area contributed by atoms with Crippen LogP contribution < -0.4 is 0 Å². The summed E-state index contributed by atoms with van der Waals surface area (Å²) in [4.78, 5) is 10.8. The van der Waals surface area contributed by atoms with Gasteiger partial charge in [-0.2, -0.15) is 0 Å². The van der Waals surface area contributed by atoms with Gasteiger partial charge in [-0.25, -0.2) is 9.97 Å². The smallest absolute Gasteiger partial charge is 0.162 e. The third-order valence-corrected chi connectivity index (χ3v) is 11.7. The van der Waals surface area contributed by atoms with E-state index in [0.717, 1.165) is 61.4 Å². The normalized spacial score (nSPS) is 11.8. The van der Waals surface area contributed by atoms with Gasteiger partial charge in [0.2, 0.25) is 0 Å². The second-order valence-corrected chi connectivity index (χ2v) is 14.9. The molecule has 0 aliphatic heterocycles. The number of para-hydroxylation sites is 3. The molecule has 12 aromatic rings. The quantitative estimate of drug-likeness (QED) is 0.176. The van der Waals surface area contributed by atoms with Gasteiger partial charge in [-0.15, -0.1) is 0 Å². The van der Waals surface area contributed by atoms with Gasteiger partial charge >= 0.3 is 0 Å². The van der Waals surface area contributed by atoms with Gasteiger partial charge in [0.1, 0.15) is 0 Å². The molecule has 0 unspecified atom stereocenters. The van der Waals surface area contributed by atoms with Crippen LogP contribution in [0.4, 0.5) is 0 Å². The van der Waals surface area contributed by atoms with E-state index in [0.29, 0.717) is 5.82 Å². The van der Waals surface area contributed by atoms with Gasteiger partial charge in [0, 0.05) is 43.6 Å². The van der Waals surface area contributed by atoms with Crippen LogP contribution in [0, 0.1) is 0 Å². The fourth-order valence-electron chi connectivity index (χ4n) is 9.17. The van der Waals surface area contributed by atoms with Crippen LogP contribution in [0.1, 0.15) is 0 Å². The second kappa shape index (κ2) is 12.9. The van der Waals surface area contributed by atoms with Gasteiger partial charge < -0.3 is 9.13 Å². The van der Waals surface area contributed by atoms with Gasteiger partial charge in [-0.1, -0.05) is 170 Å². The van der Waals surface area contributed by atoms with E-state index >= 15 is 0 Å². The first kappa shape index (κ1) is 32.4. The van der Waals surface area contributed by atoms with E-state index in [-0.39, 0.29) is 0 Å². The molecule has 12 rings (SSSR count). The zero-order chi connectivity index (χ0) is 38.2. The molecular formula is C54H34N4. The Hall–Kier alpha value is -7.82. The summed E-state index contributed by atoms with van der Waals surface area (Å²) >= 11 is 0. The lowest BCUT2D eigenvalue weighted by Crippen LogP contribution is -2.03. The highest BCUT2D eigenvalue weighted by Crippen LogP contribution is 2.44. The molecule has 0 atom stereocenters. The molecule has 0 amide bonds. The maximum atomic E-state index is 5.45. The monoisotopic (exact) mass is 738 g/mol. The molecule has 0 spiro atoms. The minimum atomic E-state index is 0.674. The topological polar surface area (TPSA) is 35.6 Å². The van der Waals surface area contributed by atoms with Crippen LogP contribution in [0.5, 0.6) is 0 Å². The van der Waals surface area contributed by atoms with Crippen LogP contribution in [-0.4, -0.2) is 19.1 Å². The summed E-state index contributed by atoms with van der Waals surface area (Å²) in [6.07, 6.45) is 0. The Bertz CT molecular complexity index is 3560. The summed E-state index contributed by atoms with van der Waals surface area (Å²) in [7, 11) is 0. The van der Waals surface area contributed by atoms with E-state index in [1.54, 1.807) is 0 Å². The van der Waals surface area contributed by atoms with Crippen LogP contribution >= 0.6 is 0 Å². The highest BCUT2D eigenvalue weighted by Gasteiger charge is 2.24. The molecule has 4 heteroatoms. The Morgan fingerprint density at radius 1 is 0.310 bits per heavy atom. The van der Waals surface area contributed by atoms with E-state index in [9.17, 15) is 0 Å². The van der Waals surface area contributed by atoms with E-state index in [1.165, 1.54) is 43.2 Å². The van der Waals surface area contributed by atoms with Crippen molar-refractivity contribution in [3.05, 3.63) is 206 Å². The fourth-order valence-corrected chi connectivity index (χ4v) is 9.17.